The molecule has 1 aromatic heterocycles. The largest absolute Gasteiger partial charge is 0.493 e. The molecule has 0 aliphatic carbocycles. The van der Waals surface area contributed by atoms with Crippen LogP contribution in [-0.4, -0.2) is 26.3 Å². The fourth-order valence-electron chi connectivity index (χ4n) is 1.95. The van der Waals surface area contributed by atoms with E-state index in [1.54, 1.807) is 21.3 Å². The van der Waals surface area contributed by atoms with E-state index in [2.05, 4.69) is 11.9 Å². The monoisotopic (exact) mass is 294 g/mol. The van der Waals surface area contributed by atoms with E-state index in [9.17, 15) is 0 Å². The molecule has 0 unspecified atom stereocenters. The maximum atomic E-state index is 6.05. The van der Waals surface area contributed by atoms with E-state index < -0.39 is 0 Å². The van der Waals surface area contributed by atoms with Crippen LogP contribution < -0.4 is 19.9 Å². The number of methoxy groups -OCH3 is 3. The molecular formula is C14H18N2O3S. The Labute approximate surface area is 122 Å². The molecule has 2 aromatic rings. The van der Waals surface area contributed by atoms with Gasteiger partial charge in [-0.25, -0.2) is 4.98 Å². The first-order valence-electron chi connectivity index (χ1n) is 6.20. The van der Waals surface area contributed by atoms with E-state index in [0.29, 0.717) is 22.2 Å². The summed E-state index contributed by atoms with van der Waals surface area (Å²) in [6, 6.07) is 3.71. The first kappa shape index (κ1) is 14.5. The van der Waals surface area contributed by atoms with Crippen molar-refractivity contribution < 1.29 is 14.2 Å². The van der Waals surface area contributed by atoms with E-state index >= 15 is 0 Å². The van der Waals surface area contributed by atoms with Crippen molar-refractivity contribution in [2.24, 2.45) is 0 Å². The summed E-state index contributed by atoms with van der Waals surface area (Å²) in [6.45, 7) is 2.05. The van der Waals surface area contributed by atoms with Gasteiger partial charge >= 0.3 is 0 Å². The molecule has 2 rings (SSSR count). The van der Waals surface area contributed by atoms with Crippen molar-refractivity contribution in [1.29, 1.82) is 0 Å². The number of rotatable bonds is 5. The minimum atomic E-state index is 0.559. The van der Waals surface area contributed by atoms with Gasteiger partial charge in [0.25, 0.3) is 0 Å². The average molecular weight is 294 g/mol. The molecule has 0 aliphatic heterocycles. The second-order valence-electron chi connectivity index (χ2n) is 4.09. The van der Waals surface area contributed by atoms with Gasteiger partial charge in [0.2, 0.25) is 5.75 Å². The normalized spacial score (nSPS) is 10.4. The molecule has 1 aromatic carbocycles. The summed E-state index contributed by atoms with van der Waals surface area (Å²) in [5.74, 6) is 1.74. The highest BCUT2D eigenvalue weighted by atomic mass is 32.1. The molecule has 5 nitrogen and oxygen atoms in total. The Balaban J connectivity index is 2.59. The van der Waals surface area contributed by atoms with Gasteiger partial charge in [-0.2, -0.15) is 0 Å². The number of benzene rings is 1. The number of thiazole rings is 1. The fraction of sp³-hybridized carbons (Fsp3) is 0.357. The lowest BCUT2D eigenvalue weighted by Crippen LogP contribution is -1.96. The molecule has 0 amide bonds. The highest BCUT2D eigenvalue weighted by Crippen LogP contribution is 2.42. The second kappa shape index (κ2) is 6.00. The number of aryl methyl sites for hydroxylation is 1. The number of anilines is 1. The minimum Gasteiger partial charge on any atom is -0.493 e. The predicted octanol–water partition coefficient (Wildman–Crippen LogP) is 2.98. The Morgan fingerprint density at radius 3 is 2.10 bits per heavy atom. The molecule has 0 bridgehead atoms. The molecule has 6 heteroatoms. The first-order chi connectivity index (χ1) is 9.64. The Hall–Kier alpha value is -1.95. The summed E-state index contributed by atoms with van der Waals surface area (Å²) in [5.41, 5.74) is 7.66. The van der Waals surface area contributed by atoms with Crippen molar-refractivity contribution in [3.63, 3.8) is 0 Å². The van der Waals surface area contributed by atoms with Crippen LogP contribution in [-0.2, 0) is 6.42 Å². The predicted molar refractivity (Wildman–Crippen MR) is 81.0 cm³/mol. The van der Waals surface area contributed by atoms with Crippen molar-refractivity contribution in [2.75, 3.05) is 27.1 Å². The molecule has 0 fully saturated rings. The van der Waals surface area contributed by atoms with E-state index in [1.807, 2.05) is 12.1 Å². The maximum Gasteiger partial charge on any atom is 0.203 e. The number of aromatic nitrogens is 1. The van der Waals surface area contributed by atoms with E-state index in [0.717, 1.165) is 22.7 Å². The van der Waals surface area contributed by atoms with Crippen molar-refractivity contribution >= 4 is 16.3 Å². The zero-order valence-electron chi connectivity index (χ0n) is 12.0. The fourth-order valence-corrected chi connectivity index (χ4v) is 2.75. The third kappa shape index (κ3) is 2.51. The number of ether oxygens (including phenoxy) is 3. The lowest BCUT2D eigenvalue weighted by atomic mass is 10.1. The average Bonchev–Trinajstić information content (AvgIpc) is 2.86. The van der Waals surface area contributed by atoms with Crippen LogP contribution in [0.25, 0.3) is 11.3 Å². The molecule has 0 radical (unpaired) electrons. The lowest BCUT2D eigenvalue weighted by molar-refractivity contribution is 0.324. The lowest BCUT2D eigenvalue weighted by Gasteiger charge is -2.13. The van der Waals surface area contributed by atoms with Gasteiger partial charge in [-0.1, -0.05) is 6.92 Å². The van der Waals surface area contributed by atoms with Crippen LogP contribution in [0.3, 0.4) is 0 Å². The summed E-state index contributed by atoms with van der Waals surface area (Å²) in [7, 11) is 4.75. The van der Waals surface area contributed by atoms with Gasteiger partial charge < -0.3 is 19.9 Å². The zero-order valence-corrected chi connectivity index (χ0v) is 12.8. The quantitative estimate of drug-likeness (QED) is 0.918. The van der Waals surface area contributed by atoms with Crippen LogP contribution in [0.4, 0.5) is 5.00 Å². The topological polar surface area (TPSA) is 66.6 Å². The van der Waals surface area contributed by atoms with E-state index in [4.69, 9.17) is 19.9 Å². The molecule has 0 saturated carbocycles. The number of hydrogen-bond acceptors (Lipinski definition) is 6. The molecule has 0 saturated heterocycles. The number of nitrogen functional groups attached to an aromatic ring is 1. The zero-order chi connectivity index (χ0) is 14.7. The standard InChI is InChI=1S/C14H18N2O3S/c1-5-11-16-12(14(15)20-11)8-6-9(17-2)13(19-4)10(7-8)18-3/h6-7H,5,15H2,1-4H3. The van der Waals surface area contributed by atoms with Crippen LogP contribution in [0.15, 0.2) is 12.1 Å². The molecule has 2 N–H and O–H groups in total. The van der Waals surface area contributed by atoms with Crippen molar-refractivity contribution in [1.82, 2.24) is 4.98 Å². The van der Waals surface area contributed by atoms with Crippen LogP contribution >= 0.6 is 11.3 Å². The number of nitrogens with zero attached hydrogens (tertiary/aromatic N) is 1. The van der Waals surface area contributed by atoms with Gasteiger partial charge in [0.1, 0.15) is 10.7 Å². The van der Waals surface area contributed by atoms with Crippen LogP contribution in [0, 0.1) is 0 Å². The second-order valence-corrected chi connectivity index (χ2v) is 5.20. The SMILES string of the molecule is CCc1nc(-c2cc(OC)c(OC)c(OC)c2)c(N)s1. The van der Waals surface area contributed by atoms with Gasteiger partial charge in [0, 0.05) is 5.56 Å². The molecule has 0 atom stereocenters. The van der Waals surface area contributed by atoms with Crippen molar-refractivity contribution in [3.8, 4) is 28.5 Å². The molecule has 1 heterocycles. The van der Waals surface area contributed by atoms with Gasteiger partial charge in [-0.15, -0.1) is 11.3 Å². The molecule has 108 valence electrons. The van der Waals surface area contributed by atoms with E-state index in [-0.39, 0.29) is 0 Å². The van der Waals surface area contributed by atoms with Gasteiger partial charge in [0.05, 0.1) is 26.3 Å². The molecular weight excluding hydrogens is 276 g/mol. The van der Waals surface area contributed by atoms with Crippen LogP contribution in [0.5, 0.6) is 17.2 Å². The van der Waals surface area contributed by atoms with Crippen LogP contribution in [0.1, 0.15) is 11.9 Å². The third-order valence-corrected chi connectivity index (χ3v) is 3.97. The summed E-state index contributed by atoms with van der Waals surface area (Å²) in [6.07, 6.45) is 0.860. The minimum absolute atomic E-state index is 0.559. The Kier molecular flexibility index (Phi) is 4.34. The van der Waals surface area contributed by atoms with Crippen molar-refractivity contribution in [3.05, 3.63) is 17.1 Å². The third-order valence-electron chi connectivity index (χ3n) is 2.94. The van der Waals surface area contributed by atoms with Gasteiger partial charge in [-0.3, -0.25) is 0 Å². The number of hydrogen-bond donors (Lipinski definition) is 1. The van der Waals surface area contributed by atoms with Crippen molar-refractivity contribution in [2.45, 2.75) is 13.3 Å². The summed E-state index contributed by atoms with van der Waals surface area (Å²) in [4.78, 5) is 4.55. The summed E-state index contributed by atoms with van der Waals surface area (Å²) < 4.78 is 16.0. The molecule has 0 aliphatic rings. The Morgan fingerprint density at radius 2 is 1.70 bits per heavy atom. The van der Waals surface area contributed by atoms with Gasteiger partial charge in [0.15, 0.2) is 11.5 Å². The summed E-state index contributed by atoms with van der Waals surface area (Å²) >= 11 is 1.50. The smallest absolute Gasteiger partial charge is 0.203 e. The number of nitrogens with two attached hydrogens (primary N) is 1. The summed E-state index contributed by atoms with van der Waals surface area (Å²) in [5, 5.41) is 1.70. The highest BCUT2D eigenvalue weighted by molar-refractivity contribution is 7.16. The molecule has 20 heavy (non-hydrogen) atoms. The molecule has 0 spiro atoms. The first-order valence-corrected chi connectivity index (χ1v) is 7.01. The Morgan fingerprint density at radius 1 is 1.10 bits per heavy atom. The van der Waals surface area contributed by atoms with E-state index in [1.165, 1.54) is 11.3 Å². The van der Waals surface area contributed by atoms with Gasteiger partial charge in [-0.05, 0) is 18.6 Å². The maximum absolute atomic E-state index is 6.05. The van der Waals surface area contributed by atoms with Crippen LogP contribution in [0.2, 0.25) is 0 Å². The highest BCUT2D eigenvalue weighted by Gasteiger charge is 2.17. The Bertz CT molecular complexity index is 585.